The van der Waals surface area contributed by atoms with Crippen LogP contribution in [0.3, 0.4) is 0 Å². The lowest BCUT2D eigenvalue weighted by Crippen LogP contribution is -2.19. The second-order valence-electron chi connectivity index (χ2n) is 4.13. The largest absolute Gasteiger partial charge is 0.383 e. The average Bonchev–Trinajstić information content (AvgIpc) is 2.33. The van der Waals surface area contributed by atoms with Gasteiger partial charge in [0.05, 0.1) is 6.61 Å². The Morgan fingerprint density at radius 1 is 1.35 bits per heavy atom. The molecule has 1 rings (SSSR count). The van der Waals surface area contributed by atoms with Gasteiger partial charge < -0.3 is 10.1 Å². The van der Waals surface area contributed by atoms with E-state index in [0.717, 1.165) is 19.7 Å². The molecule has 0 aliphatic rings. The van der Waals surface area contributed by atoms with Gasteiger partial charge in [-0.05, 0) is 30.7 Å². The Labute approximate surface area is 109 Å². The van der Waals surface area contributed by atoms with Crippen molar-refractivity contribution in [2.24, 2.45) is 0 Å². The van der Waals surface area contributed by atoms with Crippen LogP contribution in [0.1, 0.15) is 24.5 Å². The summed E-state index contributed by atoms with van der Waals surface area (Å²) in [4.78, 5) is 1.40. The van der Waals surface area contributed by atoms with Crippen molar-refractivity contribution >= 4 is 11.8 Å². The molecule has 0 spiro atoms. The first-order valence-electron chi connectivity index (χ1n) is 6.20. The first-order chi connectivity index (χ1) is 8.27. The molecule has 0 atom stereocenters. The summed E-state index contributed by atoms with van der Waals surface area (Å²) in [5, 5.41) is 3.41. The smallest absolute Gasteiger partial charge is 0.0587 e. The minimum Gasteiger partial charge on any atom is -0.383 e. The third-order valence-electron chi connectivity index (χ3n) is 2.48. The maximum atomic E-state index is 5.03. The molecule has 1 aromatic carbocycles. The van der Waals surface area contributed by atoms with E-state index in [9.17, 15) is 0 Å². The number of benzene rings is 1. The first-order valence-corrected chi connectivity index (χ1v) is 7.18. The van der Waals surface area contributed by atoms with Crippen molar-refractivity contribution in [2.75, 3.05) is 26.0 Å². The quantitative estimate of drug-likeness (QED) is 0.568. The summed E-state index contributed by atoms with van der Waals surface area (Å²) in [6.45, 7) is 6.97. The van der Waals surface area contributed by atoms with Crippen LogP contribution in [0.15, 0.2) is 23.1 Å². The molecule has 1 N–H and O–H groups in total. The third-order valence-corrected chi connectivity index (χ3v) is 3.80. The summed E-state index contributed by atoms with van der Waals surface area (Å²) in [5.74, 6) is 1.19. The number of ether oxygens (including phenoxy) is 1. The molecular formula is C14H23NOS. The molecule has 2 nitrogen and oxygen atoms in total. The summed E-state index contributed by atoms with van der Waals surface area (Å²) in [6, 6.07) is 6.71. The van der Waals surface area contributed by atoms with E-state index in [2.05, 4.69) is 37.4 Å². The van der Waals surface area contributed by atoms with E-state index in [0.29, 0.717) is 0 Å². The van der Waals surface area contributed by atoms with E-state index in [-0.39, 0.29) is 0 Å². The van der Waals surface area contributed by atoms with Crippen molar-refractivity contribution < 1.29 is 4.74 Å². The van der Waals surface area contributed by atoms with Crippen molar-refractivity contribution in [3.8, 4) is 0 Å². The van der Waals surface area contributed by atoms with Gasteiger partial charge in [0.25, 0.3) is 0 Å². The number of methoxy groups -OCH3 is 1. The van der Waals surface area contributed by atoms with Crippen molar-refractivity contribution in [1.82, 2.24) is 5.32 Å². The molecule has 0 bridgehead atoms. The molecule has 96 valence electrons. The van der Waals surface area contributed by atoms with E-state index in [4.69, 9.17) is 4.74 Å². The number of hydrogen-bond acceptors (Lipinski definition) is 3. The van der Waals surface area contributed by atoms with Gasteiger partial charge in [-0.25, -0.2) is 0 Å². The number of thioether (sulfide) groups is 1. The highest BCUT2D eigenvalue weighted by Gasteiger charge is 2.03. The molecule has 0 heterocycles. The molecule has 0 fully saturated rings. The topological polar surface area (TPSA) is 21.3 Å². The molecule has 1 aromatic rings. The lowest BCUT2D eigenvalue weighted by atomic mass is 10.1. The maximum Gasteiger partial charge on any atom is 0.0587 e. The second kappa shape index (κ2) is 8.56. The summed E-state index contributed by atoms with van der Waals surface area (Å²) < 4.78 is 5.03. The van der Waals surface area contributed by atoms with E-state index in [1.807, 2.05) is 11.8 Å². The molecule has 0 amide bonds. The van der Waals surface area contributed by atoms with E-state index in [1.165, 1.54) is 28.2 Å². The molecular weight excluding hydrogens is 230 g/mol. The van der Waals surface area contributed by atoms with Crippen LogP contribution < -0.4 is 5.32 Å². The lowest BCUT2D eigenvalue weighted by Gasteiger charge is -2.11. The zero-order valence-corrected chi connectivity index (χ0v) is 11.9. The van der Waals surface area contributed by atoms with Crippen LogP contribution in [-0.4, -0.2) is 26.0 Å². The molecule has 0 unspecified atom stereocenters. The zero-order valence-electron chi connectivity index (χ0n) is 11.1. The summed E-state index contributed by atoms with van der Waals surface area (Å²) in [6.07, 6.45) is 1.22. The first kappa shape index (κ1) is 14.6. The van der Waals surface area contributed by atoms with Gasteiger partial charge in [0.2, 0.25) is 0 Å². The highest BCUT2D eigenvalue weighted by atomic mass is 32.2. The van der Waals surface area contributed by atoms with Crippen LogP contribution in [0.5, 0.6) is 0 Å². The lowest BCUT2D eigenvalue weighted by molar-refractivity contribution is 0.199. The Kier molecular flexibility index (Phi) is 7.33. The minimum absolute atomic E-state index is 0.767. The van der Waals surface area contributed by atoms with Gasteiger partial charge in [0.1, 0.15) is 0 Å². The van der Waals surface area contributed by atoms with E-state index in [1.54, 1.807) is 7.11 Å². The molecule has 0 radical (unpaired) electrons. The van der Waals surface area contributed by atoms with Gasteiger partial charge >= 0.3 is 0 Å². The van der Waals surface area contributed by atoms with Crippen LogP contribution in [0.4, 0.5) is 0 Å². The number of hydrogen-bond donors (Lipinski definition) is 1. The molecule has 3 heteroatoms. The monoisotopic (exact) mass is 253 g/mol. The number of aryl methyl sites for hydroxylation is 1. The predicted octanol–water partition coefficient (Wildman–Crippen LogP) is 3.23. The summed E-state index contributed by atoms with van der Waals surface area (Å²) in [5.41, 5.74) is 2.73. The Hall–Kier alpha value is -0.510. The fourth-order valence-corrected chi connectivity index (χ4v) is 2.50. The Bertz CT molecular complexity index is 328. The molecule has 0 saturated heterocycles. The molecule has 0 saturated carbocycles. The van der Waals surface area contributed by atoms with Crippen LogP contribution in [0.25, 0.3) is 0 Å². The highest BCUT2D eigenvalue weighted by Crippen LogP contribution is 2.24. The number of rotatable bonds is 8. The molecule has 17 heavy (non-hydrogen) atoms. The van der Waals surface area contributed by atoms with Crippen molar-refractivity contribution in [3.63, 3.8) is 0 Å². The van der Waals surface area contributed by atoms with Gasteiger partial charge in [0, 0.05) is 25.1 Å². The zero-order chi connectivity index (χ0) is 12.5. The van der Waals surface area contributed by atoms with Crippen LogP contribution in [-0.2, 0) is 11.3 Å². The predicted molar refractivity (Wildman–Crippen MR) is 75.8 cm³/mol. The SMILES string of the molecule is CCCSc1ccc(C)cc1CNCCOC. The second-order valence-corrected chi connectivity index (χ2v) is 5.27. The fraction of sp³-hybridized carbons (Fsp3) is 0.571. The third kappa shape index (κ3) is 5.57. The molecule has 0 aliphatic heterocycles. The standard InChI is InChI=1S/C14H23NOS/c1-4-9-17-14-6-5-12(2)10-13(14)11-15-7-8-16-3/h5-6,10,15H,4,7-9,11H2,1-3H3. The van der Waals surface area contributed by atoms with Gasteiger partial charge in [-0.1, -0.05) is 24.6 Å². The van der Waals surface area contributed by atoms with Crippen LogP contribution in [0, 0.1) is 6.92 Å². The van der Waals surface area contributed by atoms with Crippen molar-refractivity contribution in [1.29, 1.82) is 0 Å². The van der Waals surface area contributed by atoms with Crippen molar-refractivity contribution in [2.45, 2.75) is 31.7 Å². The number of nitrogens with one attached hydrogen (secondary N) is 1. The maximum absolute atomic E-state index is 5.03. The normalized spacial score (nSPS) is 10.8. The molecule has 0 aromatic heterocycles. The molecule has 0 aliphatic carbocycles. The summed E-state index contributed by atoms with van der Waals surface area (Å²) in [7, 11) is 1.73. The Morgan fingerprint density at radius 3 is 2.88 bits per heavy atom. The average molecular weight is 253 g/mol. The van der Waals surface area contributed by atoms with E-state index < -0.39 is 0 Å². The van der Waals surface area contributed by atoms with Crippen molar-refractivity contribution in [3.05, 3.63) is 29.3 Å². The highest BCUT2D eigenvalue weighted by molar-refractivity contribution is 7.99. The van der Waals surface area contributed by atoms with Crippen LogP contribution in [0.2, 0.25) is 0 Å². The Balaban J connectivity index is 2.56. The fourth-order valence-electron chi connectivity index (χ4n) is 1.60. The van der Waals surface area contributed by atoms with Gasteiger partial charge in [-0.2, -0.15) is 0 Å². The van der Waals surface area contributed by atoms with Crippen LogP contribution >= 0.6 is 11.8 Å². The van der Waals surface area contributed by atoms with Gasteiger partial charge in [0.15, 0.2) is 0 Å². The minimum atomic E-state index is 0.767. The van der Waals surface area contributed by atoms with Gasteiger partial charge in [-0.15, -0.1) is 11.8 Å². The van der Waals surface area contributed by atoms with Gasteiger partial charge in [-0.3, -0.25) is 0 Å². The summed E-state index contributed by atoms with van der Waals surface area (Å²) >= 11 is 1.95. The Morgan fingerprint density at radius 2 is 2.18 bits per heavy atom. The van der Waals surface area contributed by atoms with E-state index >= 15 is 0 Å².